The van der Waals surface area contributed by atoms with Gasteiger partial charge in [-0.1, -0.05) is 23.7 Å². The zero-order chi connectivity index (χ0) is 20.5. The second-order valence-corrected chi connectivity index (χ2v) is 6.76. The summed E-state index contributed by atoms with van der Waals surface area (Å²) in [5.74, 6) is 0.633. The number of methoxy groups -OCH3 is 1. The molecule has 0 atom stereocenters. The number of fused-ring (bicyclic) bond motifs is 1. The molecule has 148 valence electrons. The molecule has 0 saturated heterocycles. The molecule has 0 aliphatic carbocycles. The Bertz CT molecular complexity index is 1210. The van der Waals surface area contributed by atoms with Crippen LogP contribution in [0.1, 0.15) is 6.92 Å². The summed E-state index contributed by atoms with van der Waals surface area (Å²) in [6.07, 6.45) is 5.10. The molecule has 9 nitrogen and oxygen atoms in total. The topological polar surface area (TPSA) is 110 Å². The largest absolute Gasteiger partial charge is 0.478 e. The van der Waals surface area contributed by atoms with Crippen molar-refractivity contribution in [1.82, 2.24) is 24.7 Å². The van der Waals surface area contributed by atoms with Crippen molar-refractivity contribution in [3.8, 4) is 17.1 Å². The molecule has 0 fully saturated rings. The van der Waals surface area contributed by atoms with E-state index in [4.69, 9.17) is 16.3 Å². The number of rotatable bonds is 5. The Kier molecular flexibility index (Phi) is 4.81. The number of nitrogens with zero attached hydrogens (tertiary/aromatic N) is 4. The number of hydrogen-bond acceptors (Lipinski definition) is 6. The molecule has 0 saturated carbocycles. The minimum absolute atomic E-state index is 0.148. The van der Waals surface area contributed by atoms with E-state index in [-0.39, 0.29) is 5.91 Å². The first-order valence-corrected chi connectivity index (χ1v) is 9.09. The Morgan fingerprint density at radius 1 is 1.31 bits per heavy atom. The van der Waals surface area contributed by atoms with Gasteiger partial charge in [0.1, 0.15) is 5.69 Å². The predicted octanol–water partition coefficient (Wildman–Crippen LogP) is 3.72. The van der Waals surface area contributed by atoms with Crippen LogP contribution in [0.2, 0.25) is 5.02 Å². The molecule has 0 radical (unpaired) electrons. The number of aryl methyl sites for hydroxylation is 1. The van der Waals surface area contributed by atoms with E-state index in [1.807, 2.05) is 18.2 Å². The molecule has 0 spiro atoms. The summed E-state index contributed by atoms with van der Waals surface area (Å²) in [6, 6.07) is 5.62. The van der Waals surface area contributed by atoms with Gasteiger partial charge < -0.3 is 20.4 Å². The molecule has 4 rings (SSSR count). The third kappa shape index (κ3) is 3.59. The van der Waals surface area contributed by atoms with Crippen LogP contribution in [0.3, 0.4) is 0 Å². The van der Waals surface area contributed by atoms with Crippen molar-refractivity contribution in [1.29, 1.82) is 0 Å². The lowest BCUT2D eigenvalue weighted by molar-refractivity contribution is -0.114. The molecule has 3 N–H and O–H groups in total. The molecule has 1 amide bonds. The van der Waals surface area contributed by atoms with Gasteiger partial charge in [-0.3, -0.25) is 9.48 Å². The number of aromatic nitrogens is 5. The van der Waals surface area contributed by atoms with Crippen molar-refractivity contribution in [3.63, 3.8) is 0 Å². The zero-order valence-electron chi connectivity index (χ0n) is 15.9. The SMILES string of the molecule is COc1nn(C)cc1Nc1ncc(Cl)c(-c2c[nH]c3c(NC(C)=O)cccc23)n1. The monoisotopic (exact) mass is 411 g/mol. The number of carbonyl (C=O) groups excluding carboxylic acids is 1. The van der Waals surface area contributed by atoms with Crippen molar-refractivity contribution in [2.45, 2.75) is 6.92 Å². The Balaban J connectivity index is 1.76. The molecule has 29 heavy (non-hydrogen) atoms. The van der Waals surface area contributed by atoms with E-state index in [0.29, 0.717) is 33.9 Å². The van der Waals surface area contributed by atoms with Crippen LogP contribution in [-0.4, -0.2) is 37.7 Å². The number of halogens is 1. The van der Waals surface area contributed by atoms with Crippen LogP contribution >= 0.6 is 11.6 Å². The Labute approximate surface area is 171 Å². The second kappa shape index (κ2) is 7.44. The van der Waals surface area contributed by atoms with Crippen LogP contribution in [0.25, 0.3) is 22.2 Å². The number of anilines is 3. The number of ether oxygens (including phenoxy) is 1. The molecular weight excluding hydrogens is 394 g/mol. The number of carbonyl (C=O) groups is 1. The summed E-state index contributed by atoms with van der Waals surface area (Å²) in [5.41, 5.74) is 3.45. The smallest absolute Gasteiger partial charge is 0.256 e. The summed E-state index contributed by atoms with van der Waals surface area (Å²) in [5, 5.41) is 11.4. The highest BCUT2D eigenvalue weighted by Gasteiger charge is 2.16. The lowest BCUT2D eigenvalue weighted by Gasteiger charge is -2.08. The molecule has 10 heteroatoms. The van der Waals surface area contributed by atoms with E-state index in [2.05, 4.69) is 30.7 Å². The van der Waals surface area contributed by atoms with E-state index in [0.717, 1.165) is 16.5 Å². The Morgan fingerprint density at radius 2 is 2.14 bits per heavy atom. The minimum atomic E-state index is -0.148. The van der Waals surface area contributed by atoms with Gasteiger partial charge in [-0.2, -0.15) is 0 Å². The average Bonchev–Trinajstić information content (AvgIpc) is 3.26. The molecule has 1 aromatic carbocycles. The molecular formula is C19H18ClN7O2. The highest BCUT2D eigenvalue weighted by atomic mass is 35.5. The summed E-state index contributed by atoms with van der Waals surface area (Å²) in [7, 11) is 3.33. The second-order valence-electron chi connectivity index (χ2n) is 6.35. The number of para-hydroxylation sites is 1. The summed E-state index contributed by atoms with van der Waals surface area (Å²) in [6.45, 7) is 1.47. The van der Waals surface area contributed by atoms with Crippen molar-refractivity contribution in [2.24, 2.45) is 7.05 Å². The molecule has 3 heterocycles. The first kappa shape index (κ1) is 18.8. The molecule has 0 unspecified atom stereocenters. The van der Waals surface area contributed by atoms with Crippen molar-refractivity contribution >= 4 is 45.7 Å². The summed E-state index contributed by atoms with van der Waals surface area (Å²) in [4.78, 5) is 23.5. The maximum atomic E-state index is 11.5. The zero-order valence-corrected chi connectivity index (χ0v) is 16.7. The molecule has 4 aromatic rings. The van der Waals surface area contributed by atoms with Crippen LogP contribution in [-0.2, 0) is 11.8 Å². The van der Waals surface area contributed by atoms with Crippen LogP contribution < -0.4 is 15.4 Å². The lowest BCUT2D eigenvalue weighted by Crippen LogP contribution is -2.05. The van der Waals surface area contributed by atoms with E-state index < -0.39 is 0 Å². The third-order valence-corrected chi connectivity index (χ3v) is 4.54. The highest BCUT2D eigenvalue weighted by Crippen LogP contribution is 2.35. The molecule has 3 aromatic heterocycles. The fourth-order valence-electron chi connectivity index (χ4n) is 3.09. The summed E-state index contributed by atoms with van der Waals surface area (Å²) < 4.78 is 6.88. The van der Waals surface area contributed by atoms with E-state index >= 15 is 0 Å². The number of amides is 1. The van der Waals surface area contributed by atoms with Gasteiger partial charge in [0.15, 0.2) is 0 Å². The normalized spacial score (nSPS) is 10.9. The lowest BCUT2D eigenvalue weighted by atomic mass is 10.1. The van der Waals surface area contributed by atoms with Crippen molar-refractivity contribution < 1.29 is 9.53 Å². The van der Waals surface area contributed by atoms with Gasteiger partial charge in [-0.25, -0.2) is 9.97 Å². The van der Waals surface area contributed by atoms with Crippen LogP contribution in [0.5, 0.6) is 5.88 Å². The standard InChI is InChI=1S/C19H18ClN7O2/c1-10(28)23-14-6-4-5-11-12(7-21-17(11)14)16-13(20)8-22-19(25-16)24-15-9-27(2)26-18(15)29-3/h4-9,21H,1-3H3,(H,23,28)(H,22,24,25). The van der Waals surface area contributed by atoms with Gasteiger partial charge in [-0.15, -0.1) is 5.10 Å². The fourth-order valence-corrected chi connectivity index (χ4v) is 3.28. The van der Waals surface area contributed by atoms with E-state index in [1.54, 1.807) is 31.2 Å². The Morgan fingerprint density at radius 3 is 2.90 bits per heavy atom. The highest BCUT2D eigenvalue weighted by molar-refractivity contribution is 6.33. The number of aromatic amines is 1. The molecule has 0 aliphatic heterocycles. The van der Waals surface area contributed by atoms with Crippen LogP contribution in [0, 0.1) is 0 Å². The van der Waals surface area contributed by atoms with E-state index in [1.165, 1.54) is 13.1 Å². The van der Waals surface area contributed by atoms with Gasteiger partial charge >= 0.3 is 0 Å². The first-order valence-electron chi connectivity index (χ1n) is 8.71. The predicted molar refractivity (Wildman–Crippen MR) is 112 cm³/mol. The summed E-state index contributed by atoms with van der Waals surface area (Å²) >= 11 is 6.40. The van der Waals surface area contributed by atoms with Crippen LogP contribution in [0.4, 0.5) is 17.3 Å². The van der Waals surface area contributed by atoms with Gasteiger partial charge in [0.05, 0.1) is 41.4 Å². The quantitative estimate of drug-likeness (QED) is 0.461. The average molecular weight is 412 g/mol. The van der Waals surface area contributed by atoms with Crippen LogP contribution in [0.15, 0.2) is 36.8 Å². The maximum Gasteiger partial charge on any atom is 0.256 e. The molecule has 0 aliphatic rings. The number of benzene rings is 1. The number of hydrogen-bond donors (Lipinski definition) is 3. The maximum absolute atomic E-state index is 11.5. The first-order chi connectivity index (χ1) is 14.0. The van der Waals surface area contributed by atoms with Gasteiger partial charge in [-0.05, 0) is 6.07 Å². The van der Waals surface area contributed by atoms with Crippen molar-refractivity contribution in [2.75, 3.05) is 17.7 Å². The van der Waals surface area contributed by atoms with Gasteiger partial charge in [0.25, 0.3) is 5.88 Å². The van der Waals surface area contributed by atoms with Gasteiger partial charge in [0, 0.05) is 31.1 Å². The number of H-pyrrole nitrogens is 1. The fraction of sp³-hybridized carbons (Fsp3) is 0.158. The third-order valence-electron chi connectivity index (χ3n) is 4.26. The van der Waals surface area contributed by atoms with Gasteiger partial charge in [0.2, 0.25) is 11.9 Å². The van der Waals surface area contributed by atoms with E-state index in [9.17, 15) is 4.79 Å². The van der Waals surface area contributed by atoms with Crippen molar-refractivity contribution in [3.05, 3.63) is 41.8 Å². The number of nitrogens with one attached hydrogen (secondary N) is 3. The minimum Gasteiger partial charge on any atom is -0.478 e. The Hall–Kier alpha value is -3.59. The molecule has 0 bridgehead atoms.